The van der Waals surface area contributed by atoms with Crippen LogP contribution in [0.15, 0.2) is 36.5 Å². The highest BCUT2D eigenvalue weighted by Gasteiger charge is 2.15. The number of anilines is 1. The number of likely N-dealkylation sites (tertiary alicyclic amines) is 1. The van der Waals surface area contributed by atoms with E-state index in [1.807, 2.05) is 24.4 Å². The molecule has 0 spiro atoms. The number of nitrogens with zero attached hydrogens (tertiary/aromatic N) is 2. The van der Waals surface area contributed by atoms with Crippen LogP contribution in [0.1, 0.15) is 23.3 Å². The minimum Gasteiger partial charge on any atom is -0.301 e. The van der Waals surface area contributed by atoms with E-state index in [9.17, 15) is 4.79 Å². The number of nitrogens with one attached hydrogen (secondary N) is 1. The van der Waals surface area contributed by atoms with Gasteiger partial charge in [-0.05, 0) is 31.5 Å². The second-order valence-corrected chi connectivity index (χ2v) is 6.44. The van der Waals surface area contributed by atoms with Crippen molar-refractivity contribution in [2.45, 2.75) is 19.3 Å². The molecule has 0 unspecified atom stereocenters. The molecule has 1 fully saturated rings. The molecule has 5 heteroatoms. The van der Waals surface area contributed by atoms with Gasteiger partial charge in [-0.15, -0.1) is 11.3 Å². The minimum atomic E-state index is 0.0394. The molecule has 1 aliphatic heterocycles. The van der Waals surface area contributed by atoms with Crippen LogP contribution in [0.25, 0.3) is 0 Å². The monoisotopic (exact) mass is 301 g/mol. The van der Waals surface area contributed by atoms with Gasteiger partial charge < -0.3 is 5.32 Å². The number of benzene rings is 1. The molecule has 1 aromatic heterocycles. The maximum Gasteiger partial charge on any atom is 0.240 e. The summed E-state index contributed by atoms with van der Waals surface area (Å²) in [5.41, 5.74) is 1.26. The van der Waals surface area contributed by atoms with Crippen LogP contribution in [0.4, 0.5) is 5.13 Å². The summed E-state index contributed by atoms with van der Waals surface area (Å²) in [6.07, 6.45) is 5.11. The van der Waals surface area contributed by atoms with Crippen LogP contribution in [0, 0.1) is 0 Å². The topological polar surface area (TPSA) is 45.2 Å². The number of hydrogen-bond acceptors (Lipinski definition) is 4. The maximum atomic E-state index is 11.9. The summed E-state index contributed by atoms with van der Waals surface area (Å²) in [6.45, 7) is 2.54. The standard InChI is InChI=1S/C16H19N3OS/c20-15(12-19-8-4-5-9-19)18-16-17-11-14(21-16)10-13-6-2-1-3-7-13/h1-3,6-7,11H,4-5,8-10,12H2,(H,17,18,20). The van der Waals surface area contributed by atoms with Gasteiger partial charge in [-0.3, -0.25) is 9.69 Å². The summed E-state index contributed by atoms with van der Waals surface area (Å²) >= 11 is 1.55. The second kappa shape index (κ2) is 6.83. The number of amides is 1. The van der Waals surface area contributed by atoms with Crippen LogP contribution >= 0.6 is 11.3 Å². The molecule has 1 amide bonds. The molecule has 0 atom stereocenters. The zero-order valence-corrected chi connectivity index (χ0v) is 12.7. The van der Waals surface area contributed by atoms with Gasteiger partial charge in [0.15, 0.2) is 5.13 Å². The minimum absolute atomic E-state index is 0.0394. The van der Waals surface area contributed by atoms with E-state index in [0.717, 1.165) is 24.4 Å². The molecule has 0 aliphatic carbocycles. The van der Waals surface area contributed by atoms with E-state index in [2.05, 4.69) is 27.3 Å². The molecule has 4 nitrogen and oxygen atoms in total. The number of carbonyl (C=O) groups excluding carboxylic acids is 1. The predicted octanol–water partition coefficient (Wildman–Crippen LogP) is 2.77. The average molecular weight is 301 g/mol. The molecule has 0 bridgehead atoms. The van der Waals surface area contributed by atoms with E-state index >= 15 is 0 Å². The van der Waals surface area contributed by atoms with Gasteiger partial charge in [0.05, 0.1) is 6.54 Å². The maximum absolute atomic E-state index is 11.9. The lowest BCUT2D eigenvalue weighted by atomic mass is 10.1. The lowest BCUT2D eigenvalue weighted by molar-refractivity contribution is -0.117. The van der Waals surface area contributed by atoms with Crippen molar-refractivity contribution in [1.29, 1.82) is 0 Å². The van der Waals surface area contributed by atoms with E-state index in [0.29, 0.717) is 11.7 Å². The van der Waals surface area contributed by atoms with Crippen molar-refractivity contribution in [2.24, 2.45) is 0 Å². The van der Waals surface area contributed by atoms with Crippen LogP contribution < -0.4 is 5.32 Å². The highest BCUT2D eigenvalue weighted by atomic mass is 32.1. The first-order valence-electron chi connectivity index (χ1n) is 7.30. The fourth-order valence-corrected chi connectivity index (χ4v) is 3.41. The summed E-state index contributed by atoms with van der Waals surface area (Å²) in [6, 6.07) is 10.3. The van der Waals surface area contributed by atoms with Gasteiger partial charge in [-0.2, -0.15) is 0 Å². The largest absolute Gasteiger partial charge is 0.301 e. The van der Waals surface area contributed by atoms with E-state index in [1.165, 1.54) is 18.4 Å². The Hall–Kier alpha value is -1.72. The first kappa shape index (κ1) is 14.2. The second-order valence-electron chi connectivity index (χ2n) is 5.33. The van der Waals surface area contributed by atoms with Crippen LogP contribution in [0.2, 0.25) is 0 Å². The van der Waals surface area contributed by atoms with Crippen LogP contribution in [0.3, 0.4) is 0 Å². The van der Waals surface area contributed by atoms with Crippen molar-refractivity contribution in [1.82, 2.24) is 9.88 Å². The van der Waals surface area contributed by atoms with E-state index in [1.54, 1.807) is 11.3 Å². The third kappa shape index (κ3) is 4.12. The summed E-state index contributed by atoms with van der Waals surface area (Å²) < 4.78 is 0. The third-order valence-electron chi connectivity index (χ3n) is 3.59. The molecular weight excluding hydrogens is 282 g/mol. The molecule has 2 heterocycles. The van der Waals surface area contributed by atoms with Crippen LogP contribution in [0.5, 0.6) is 0 Å². The fraction of sp³-hybridized carbons (Fsp3) is 0.375. The molecule has 3 rings (SSSR count). The highest BCUT2D eigenvalue weighted by Crippen LogP contribution is 2.21. The lowest BCUT2D eigenvalue weighted by Gasteiger charge is -2.12. The van der Waals surface area contributed by atoms with Gasteiger partial charge >= 0.3 is 0 Å². The Balaban J connectivity index is 1.53. The molecule has 0 saturated carbocycles. The SMILES string of the molecule is O=C(CN1CCCC1)Nc1ncc(Cc2ccccc2)s1. The highest BCUT2D eigenvalue weighted by molar-refractivity contribution is 7.15. The Morgan fingerprint density at radius 3 is 2.76 bits per heavy atom. The number of aromatic nitrogens is 1. The molecule has 1 aliphatic rings. The van der Waals surface area contributed by atoms with Gasteiger partial charge in [-0.1, -0.05) is 30.3 Å². The predicted molar refractivity (Wildman–Crippen MR) is 85.7 cm³/mol. The number of carbonyl (C=O) groups is 1. The lowest BCUT2D eigenvalue weighted by Crippen LogP contribution is -2.30. The quantitative estimate of drug-likeness (QED) is 0.923. The Kier molecular flexibility index (Phi) is 4.62. The van der Waals surface area contributed by atoms with Crippen molar-refractivity contribution in [3.05, 3.63) is 47.0 Å². The van der Waals surface area contributed by atoms with E-state index < -0.39 is 0 Å². The Morgan fingerprint density at radius 1 is 1.24 bits per heavy atom. The van der Waals surface area contributed by atoms with Gasteiger partial charge in [0, 0.05) is 17.5 Å². The van der Waals surface area contributed by atoms with Crippen molar-refractivity contribution < 1.29 is 4.79 Å². The molecule has 1 aromatic carbocycles. The molecule has 0 radical (unpaired) electrons. The van der Waals surface area contributed by atoms with Crippen LogP contribution in [-0.2, 0) is 11.2 Å². The van der Waals surface area contributed by atoms with Gasteiger partial charge in [0.2, 0.25) is 5.91 Å². The smallest absolute Gasteiger partial charge is 0.240 e. The van der Waals surface area contributed by atoms with Gasteiger partial charge in [0.25, 0.3) is 0 Å². The van der Waals surface area contributed by atoms with Crippen molar-refractivity contribution in [2.75, 3.05) is 25.0 Å². The van der Waals surface area contributed by atoms with Crippen molar-refractivity contribution in [3.8, 4) is 0 Å². The first-order chi connectivity index (χ1) is 10.3. The Bertz CT molecular complexity index is 591. The molecule has 1 saturated heterocycles. The summed E-state index contributed by atoms with van der Waals surface area (Å²) in [4.78, 5) is 19.6. The summed E-state index contributed by atoms with van der Waals surface area (Å²) in [7, 11) is 0. The zero-order chi connectivity index (χ0) is 14.5. The number of thiazole rings is 1. The molecule has 110 valence electrons. The summed E-state index contributed by atoms with van der Waals surface area (Å²) in [5, 5.41) is 3.60. The molecular formula is C16H19N3OS. The third-order valence-corrected chi connectivity index (χ3v) is 4.50. The normalized spacial score (nSPS) is 15.2. The van der Waals surface area contributed by atoms with Crippen LogP contribution in [-0.4, -0.2) is 35.4 Å². The van der Waals surface area contributed by atoms with Crippen molar-refractivity contribution >= 4 is 22.4 Å². The fourth-order valence-electron chi connectivity index (χ4n) is 2.55. The molecule has 21 heavy (non-hydrogen) atoms. The average Bonchev–Trinajstić information content (AvgIpc) is 3.12. The van der Waals surface area contributed by atoms with E-state index in [4.69, 9.17) is 0 Å². The summed E-state index contributed by atoms with van der Waals surface area (Å²) in [5.74, 6) is 0.0394. The first-order valence-corrected chi connectivity index (χ1v) is 8.12. The Morgan fingerprint density at radius 2 is 2.00 bits per heavy atom. The number of hydrogen-bond donors (Lipinski definition) is 1. The zero-order valence-electron chi connectivity index (χ0n) is 11.9. The van der Waals surface area contributed by atoms with Crippen molar-refractivity contribution in [3.63, 3.8) is 0 Å². The Labute approximate surface area is 128 Å². The van der Waals surface area contributed by atoms with E-state index in [-0.39, 0.29) is 5.91 Å². The number of rotatable bonds is 5. The molecule has 2 aromatic rings. The van der Waals surface area contributed by atoms with Gasteiger partial charge in [0.1, 0.15) is 0 Å². The van der Waals surface area contributed by atoms with Gasteiger partial charge in [-0.25, -0.2) is 4.98 Å². The molecule has 1 N–H and O–H groups in total.